The van der Waals surface area contributed by atoms with Gasteiger partial charge in [-0.25, -0.2) is 0 Å². The van der Waals surface area contributed by atoms with E-state index in [1.54, 1.807) is 0 Å². The first-order valence-corrected chi connectivity index (χ1v) is 5.06. The Morgan fingerprint density at radius 3 is 2.54 bits per heavy atom. The second-order valence-electron chi connectivity index (χ2n) is 4.14. The fraction of sp³-hybridized carbons (Fsp3) is 0.800. The zero-order chi connectivity index (χ0) is 9.47. The summed E-state index contributed by atoms with van der Waals surface area (Å²) in [7, 11) is 0. The van der Waals surface area contributed by atoms with E-state index in [1.165, 1.54) is 0 Å². The molecule has 0 aromatic heterocycles. The van der Waals surface area contributed by atoms with Crippen molar-refractivity contribution in [3.8, 4) is 0 Å². The number of nitrogens with one attached hydrogen (secondary N) is 1. The molecule has 13 heavy (non-hydrogen) atoms. The highest BCUT2D eigenvalue weighted by Gasteiger charge is 2.54. The molecule has 2 rings (SSSR count). The molecule has 72 valence electrons. The lowest BCUT2D eigenvalue weighted by Crippen LogP contribution is -2.31. The average Bonchev–Trinajstić information content (AvgIpc) is 2.62. The van der Waals surface area contributed by atoms with Crippen molar-refractivity contribution in [3.63, 3.8) is 0 Å². The van der Waals surface area contributed by atoms with Crippen molar-refractivity contribution < 1.29 is 9.59 Å². The highest BCUT2D eigenvalue weighted by atomic mass is 16.2. The molecule has 0 bridgehead atoms. The van der Waals surface area contributed by atoms with Gasteiger partial charge >= 0.3 is 0 Å². The molecule has 0 radical (unpaired) electrons. The van der Waals surface area contributed by atoms with Crippen molar-refractivity contribution in [3.05, 3.63) is 0 Å². The molecule has 0 aromatic carbocycles. The molecule has 1 saturated heterocycles. The second-order valence-corrected chi connectivity index (χ2v) is 4.14. The fourth-order valence-corrected chi connectivity index (χ4v) is 2.89. The molecule has 1 aliphatic heterocycles. The van der Waals surface area contributed by atoms with Crippen LogP contribution >= 0.6 is 0 Å². The Labute approximate surface area is 77.9 Å². The molecule has 1 aliphatic carbocycles. The van der Waals surface area contributed by atoms with E-state index in [1.807, 2.05) is 6.92 Å². The molecule has 1 spiro atoms. The molecule has 2 fully saturated rings. The van der Waals surface area contributed by atoms with Crippen LogP contribution in [-0.2, 0) is 9.59 Å². The van der Waals surface area contributed by atoms with Crippen LogP contribution in [0.2, 0.25) is 0 Å². The first kappa shape index (κ1) is 8.73. The maximum Gasteiger partial charge on any atom is 0.233 e. The number of amides is 2. The second kappa shape index (κ2) is 2.82. The van der Waals surface area contributed by atoms with E-state index in [4.69, 9.17) is 0 Å². The van der Waals surface area contributed by atoms with Gasteiger partial charge in [0.1, 0.15) is 0 Å². The molecule has 1 atom stereocenters. The van der Waals surface area contributed by atoms with Gasteiger partial charge in [-0.1, -0.05) is 19.8 Å². The van der Waals surface area contributed by atoms with Crippen LogP contribution in [0.4, 0.5) is 0 Å². The Balaban J connectivity index is 2.33. The molecule has 2 amide bonds. The van der Waals surface area contributed by atoms with E-state index in [0.29, 0.717) is 0 Å². The largest absolute Gasteiger partial charge is 0.296 e. The standard InChI is InChI=1S/C10H15NO2/c1-2-7-8(12)11-9(13)10(7)5-3-4-6-10/h7H,2-6H2,1H3,(H,11,12,13). The molecule has 1 N–H and O–H groups in total. The van der Waals surface area contributed by atoms with E-state index >= 15 is 0 Å². The van der Waals surface area contributed by atoms with Gasteiger partial charge in [0.25, 0.3) is 0 Å². The van der Waals surface area contributed by atoms with Crippen LogP contribution < -0.4 is 5.32 Å². The van der Waals surface area contributed by atoms with Crippen LogP contribution in [0.25, 0.3) is 0 Å². The number of imide groups is 1. The van der Waals surface area contributed by atoms with Gasteiger partial charge in [-0.3, -0.25) is 14.9 Å². The summed E-state index contributed by atoms with van der Waals surface area (Å²) in [5.74, 6) is -0.112. The van der Waals surface area contributed by atoms with Gasteiger partial charge in [0, 0.05) is 0 Å². The summed E-state index contributed by atoms with van der Waals surface area (Å²) in [5, 5.41) is 2.47. The van der Waals surface area contributed by atoms with Crippen molar-refractivity contribution in [2.75, 3.05) is 0 Å². The van der Waals surface area contributed by atoms with Gasteiger partial charge in [-0.15, -0.1) is 0 Å². The monoisotopic (exact) mass is 181 g/mol. The normalized spacial score (nSPS) is 31.3. The van der Waals surface area contributed by atoms with E-state index in [9.17, 15) is 9.59 Å². The smallest absolute Gasteiger partial charge is 0.233 e. The van der Waals surface area contributed by atoms with E-state index in [0.717, 1.165) is 32.1 Å². The van der Waals surface area contributed by atoms with Crippen LogP contribution in [-0.4, -0.2) is 11.8 Å². The fourth-order valence-electron chi connectivity index (χ4n) is 2.89. The molecular weight excluding hydrogens is 166 g/mol. The minimum atomic E-state index is -0.314. The molecule has 0 aromatic rings. The van der Waals surface area contributed by atoms with E-state index in [2.05, 4.69) is 5.32 Å². The first-order chi connectivity index (χ1) is 6.20. The maximum atomic E-state index is 11.6. The summed E-state index contributed by atoms with van der Waals surface area (Å²) in [6, 6.07) is 0. The Morgan fingerprint density at radius 2 is 2.00 bits per heavy atom. The molecular formula is C10H15NO2. The predicted octanol–water partition coefficient (Wildman–Crippen LogP) is 1.23. The topological polar surface area (TPSA) is 46.2 Å². The van der Waals surface area contributed by atoms with Crippen molar-refractivity contribution in [1.82, 2.24) is 5.32 Å². The minimum absolute atomic E-state index is 0.0122. The molecule has 3 heteroatoms. The third kappa shape index (κ3) is 1.02. The minimum Gasteiger partial charge on any atom is -0.296 e. The van der Waals surface area contributed by atoms with E-state index < -0.39 is 0 Å². The Kier molecular flexibility index (Phi) is 1.90. The maximum absolute atomic E-state index is 11.6. The first-order valence-electron chi connectivity index (χ1n) is 5.06. The lowest BCUT2D eigenvalue weighted by atomic mass is 9.74. The van der Waals surface area contributed by atoms with Crippen molar-refractivity contribution in [2.45, 2.75) is 39.0 Å². The number of carbonyl (C=O) groups excluding carboxylic acids is 2. The van der Waals surface area contributed by atoms with Crippen LogP contribution in [0, 0.1) is 11.3 Å². The SMILES string of the molecule is CCC1C(=O)NC(=O)C12CCCC2. The summed E-state index contributed by atoms with van der Waals surface area (Å²) >= 11 is 0. The summed E-state index contributed by atoms with van der Waals surface area (Å²) in [6.45, 7) is 1.99. The lowest BCUT2D eigenvalue weighted by Gasteiger charge is -2.24. The van der Waals surface area contributed by atoms with E-state index in [-0.39, 0.29) is 23.1 Å². The highest BCUT2D eigenvalue weighted by Crippen LogP contribution is 2.48. The summed E-state index contributed by atoms with van der Waals surface area (Å²) < 4.78 is 0. The zero-order valence-electron chi connectivity index (χ0n) is 7.93. The van der Waals surface area contributed by atoms with Crippen molar-refractivity contribution in [1.29, 1.82) is 0 Å². The van der Waals surface area contributed by atoms with Gasteiger partial charge in [-0.05, 0) is 19.3 Å². The molecule has 1 unspecified atom stereocenters. The van der Waals surface area contributed by atoms with Crippen molar-refractivity contribution in [2.24, 2.45) is 11.3 Å². The Bertz CT molecular complexity index is 254. The lowest BCUT2D eigenvalue weighted by molar-refractivity contribution is -0.128. The summed E-state index contributed by atoms with van der Waals surface area (Å²) in [4.78, 5) is 23.1. The number of carbonyl (C=O) groups is 2. The summed E-state index contributed by atoms with van der Waals surface area (Å²) in [6.07, 6.45) is 4.79. The quantitative estimate of drug-likeness (QED) is 0.618. The molecule has 1 heterocycles. The number of rotatable bonds is 1. The van der Waals surface area contributed by atoms with Gasteiger partial charge in [0.2, 0.25) is 11.8 Å². The predicted molar refractivity (Wildman–Crippen MR) is 47.8 cm³/mol. The summed E-state index contributed by atoms with van der Waals surface area (Å²) in [5.41, 5.74) is -0.314. The van der Waals surface area contributed by atoms with Gasteiger partial charge in [0.05, 0.1) is 11.3 Å². The highest BCUT2D eigenvalue weighted by molar-refractivity contribution is 6.07. The van der Waals surface area contributed by atoms with Crippen molar-refractivity contribution >= 4 is 11.8 Å². The third-order valence-electron chi connectivity index (χ3n) is 3.58. The Morgan fingerprint density at radius 1 is 1.38 bits per heavy atom. The number of hydrogen-bond acceptors (Lipinski definition) is 2. The Hall–Kier alpha value is -0.860. The molecule has 1 saturated carbocycles. The molecule has 2 aliphatic rings. The van der Waals surface area contributed by atoms with Crippen LogP contribution in [0.5, 0.6) is 0 Å². The third-order valence-corrected chi connectivity index (χ3v) is 3.58. The van der Waals surface area contributed by atoms with Crippen LogP contribution in [0.15, 0.2) is 0 Å². The van der Waals surface area contributed by atoms with Gasteiger partial charge in [-0.2, -0.15) is 0 Å². The zero-order valence-corrected chi connectivity index (χ0v) is 7.93. The average molecular weight is 181 g/mol. The van der Waals surface area contributed by atoms with Gasteiger partial charge in [0.15, 0.2) is 0 Å². The van der Waals surface area contributed by atoms with Crippen LogP contribution in [0.3, 0.4) is 0 Å². The van der Waals surface area contributed by atoms with Gasteiger partial charge < -0.3 is 0 Å². The number of hydrogen-bond donors (Lipinski definition) is 1. The van der Waals surface area contributed by atoms with Crippen LogP contribution in [0.1, 0.15) is 39.0 Å². The molecule has 3 nitrogen and oxygen atoms in total.